The predicted octanol–water partition coefficient (Wildman–Crippen LogP) is 2.86. The van der Waals surface area contributed by atoms with E-state index in [1.54, 1.807) is 0 Å². The first kappa shape index (κ1) is 16.7. The molecule has 1 amide bonds. The van der Waals surface area contributed by atoms with Gasteiger partial charge >= 0.3 is 0 Å². The number of nitrogens with zero attached hydrogens (tertiary/aromatic N) is 3. The minimum absolute atomic E-state index is 0.0817. The molecule has 2 aromatic rings. The Hall–Kier alpha value is -2.17. The Bertz CT molecular complexity index is 665. The van der Waals surface area contributed by atoms with E-state index in [1.165, 1.54) is 19.3 Å². The van der Waals surface area contributed by atoms with Crippen LogP contribution in [0.4, 0.5) is 0 Å². The maximum absolute atomic E-state index is 12.5. The van der Waals surface area contributed by atoms with E-state index < -0.39 is 0 Å². The number of hydrogen-bond acceptors (Lipinski definition) is 3. The fourth-order valence-corrected chi connectivity index (χ4v) is 3.41. The molecule has 1 aromatic heterocycles. The highest BCUT2D eigenvalue weighted by molar-refractivity contribution is 5.83. The number of hydrogen-bond donors (Lipinski definition) is 1. The van der Waals surface area contributed by atoms with Gasteiger partial charge in [0.15, 0.2) is 0 Å². The van der Waals surface area contributed by atoms with Crippen LogP contribution >= 0.6 is 0 Å². The van der Waals surface area contributed by atoms with Gasteiger partial charge in [0.05, 0.1) is 5.92 Å². The Labute approximate surface area is 143 Å². The molecule has 1 N–H and O–H groups in total. The highest BCUT2D eigenvalue weighted by atomic mass is 16.1. The van der Waals surface area contributed by atoms with Crippen molar-refractivity contribution in [1.29, 1.82) is 0 Å². The summed E-state index contributed by atoms with van der Waals surface area (Å²) in [7, 11) is 0. The Morgan fingerprint density at radius 1 is 1.21 bits per heavy atom. The number of rotatable bonds is 6. The third kappa shape index (κ3) is 3.83. The molecule has 0 spiro atoms. The first-order valence-electron chi connectivity index (χ1n) is 9.03. The fourth-order valence-electron chi connectivity index (χ4n) is 3.41. The van der Waals surface area contributed by atoms with Gasteiger partial charge in [0, 0.05) is 25.9 Å². The van der Waals surface area contributed by atoms with E-state index in [4.69, 9.17) is 0 Å². The first-order chi connectivity index (χ1) is 11.8. The van der Waals surface area contributed by atoms with Crippen LogP contribution in [0.5, 0.6) is 0 Å². The largest absolute Gasteiger partial charge is 0.355 e. The topological polar surface area (TPSA) is 59.8 Å². The van der Waals surface area contributed by atoms with Crippen molar-refractivity contribution in [3.05, 3.63) is 47.5 Å². The van der Waals surface area contributed by atoms with Crippen LogP contribution in [0.3, 0.4) is 0 Å². The number of aromatic nitrogens is 3. The summed E-state index contributed by atoms with van der Waals surface area (Å²) in [5.74, 6) is 2.12. The molecule has 1 aromatic carbocycles. The van der Waals surface area contributed by atoms with Crippen LogP contribution in [0.15, 0.2) is 30.3 Å². The van der Waals surface area contributed by atoms with Crippen LogP contribution in [0.25, 0.3) is 0 Å². The average molecular weight is 326 g/mol. The second-order valence-electron chi connectivity index (χ2n) is 6.41. The molecule has 24 heavy (non-hydrogen) atoms. The van der Waals surface area contributed by atoms with Gasteiger partial charge in [0.1, 0.15) is 11.6 Å². The van der Waals surface area contributed by atoms with Gasteiger partial charge in [-0.05, 0) is 24.8 Å². The molecule has 128 valence electrons. The summed E-state index contributed by atoms with van der Waals surface area (Å²) in [5.41, 5.74) is 1.08. The van der Waals surface area contributed by atoms with Gasteiger partial charge in [0.2, 0.25) is 5.91 Å². The van der Waals surface area contributed by atoms with Gasteiger partial charge in [-0.1, -0.05) is 43.7 Å². The number of carbonyl (C=O) groups excluding carboxylic acids is 1. The van der Waals surface area contributed by atoms with E-state index in [-0.39, 0.29) is 11.8 Å². The van der Waals surface area contributed by atoms with Gasteiger partial charge in [-0.15, -0.1) is 10.2 Å². The van der Waals surface area contributed by atoms with Crippen molar-refractivity contribution in [2.75, 3.05) is 6.54 Å². The van der Waals surface area contributed by atoms with Crippen LogP contribution < -0.4 is 5.32 Å². The van der Waals surface area contributed by atoms with Crippen molar-refractivity contribution in [3.8, 4) is 0 Å². The summed E-state index contributed by atoms with van der Waals surface area (Å²) in [5, 5.41) is 11.7. The molecule has 0 fully saturated rings. The molecule has 0 aliphatic carbocycles. The zero-order chi connectivity index (χ0) is 16.8. The monoisotopic (exact) mass is 326 g/mol. The average Bonchev–Trinajstić information content (AvgIpc) is 2.84. The van der Waals surface area contributed by atoms with Crippen molar-refractivity contribution in [1.82, 2.24) is 20.1 Å². The van der Waals surface area contributed by atoms with E-state index >= 15 is 0 Å². The summed E-state index contributed by atoms with van der Waals surface area (Å²) in [6.07, 6.45) is 6.21. The molecule has 1 aliphatic heterocycles. The maximum atomic E-state index is 12.5. The SMILES string of the molecule is CCC(C(=O)NCCc1nnc2n1CCCCC2)c1ccccc1. The molecule has 5 heteroatoms. The lowest BCUT2D eigenvalue weighted by Gasteiger charge is -2.15. The Morgan fingerprint density at radius 2 is 2.04 bits per heavy atom. The first-order valence-corrected chi connectivity index (χ1v) is 9.03. The number of amides is 1. The number of fused-ring (bicyclic) bond motifs is 1. The van der Waals surface area contributed by atoms with Gasteiger partial charge in [-0.3, -0.25) is 4.79 Å². The summed E-state index contributed by atoms with van der Waals surface area (Å²) >= 11 is 0. The molecule has 1 unspecified atom stereocenters. The molecule has 1 atom stereocenters. The number of aryl methyl sites for hydroxylation is 1. The Morgan fingerprint density at radius 3 is 2.83 bits per heavy atom. The van der Waals surface area contributed by atoms with Crippen LogP contribution in [-0.4, -0.2) is 27.2 Å². The highest BCUT2D eigenvalue weighted by Gasteiger charge is 2.19. The Kier molecular flexibility index (Phi) is 5.62. The van der Waals surface area contributed by atoms with E-state index in [0.717, 1.165) is 43.0 Å². The van der Waals surface area contributed by atoms with E-state index in [1.807, 2.05) is 30.3 Å². The molecule has 0 saturated carbocycles. The molecule has 0 saturated heterocycles. The molecular formula is C19H26N4O. The summed E-state index contributed by atoms with van der Waals surface area (Å²) in [4.78, 5) is 12.5. The second-order valence-corrected chi connectivity index (χ2v) is 6.41. The molecule has 2 heterocycles. The molecule has 3 rings (SSSR count). The predicted molar refractivity (Wildman–Crippen MR) is 93.8 cm³/mol. The van der Waals surface area contributed by atoms with Crippen molar-refractivity contribution in [2.24, 2.45) is 0 Å². The van der Waals surface area contributed by atoms with Crippen LogP contribution in [-0.2, 0) is 24.2 Å². The van der Waals surface area contributed by atoms with Gasteiger partial charge in [-0.25, -0.2) is 0 Å². The molecule has 1 aliphatic rings. The van der Waals surface area contributed by atoms with Crippen LogP contribution in [0.1, 0.15) is 55.7 Å². The molecule has 0 radical (unpaired) electrons. The van der Waals surface area contributed by atoms with Crippen LogP contribution in [0.2, 0.25) is 0 Å². The zero-order valence-electron chi connectivity index (χ0n) is 14.4. The van der Waals surface area contributed by atoms with Gasteiger partial charge in [0.25, 0.3) is 0 Å². The smallest absolute Gasteiger partial charge is 0.227 e. The standard InChI is InChI=1S/C19H26N4O/c1-2-16(15-9-5-3-6-10-15)19(24)20-13-12-18-22-21-17-11-7-4-8-14-23(17)18/h3,5-6,9-10,16H,2,4,7-8,11-14H2,1H3,(H,20,24). The third-order valence-corrected chi connectivity index (χ3v) is 4.76. The quantitative estimate of drug-likeness (QED) is 0.888. The minimum Gasteiger partial charge on any atom is -0.355 e. The molecule has 0 bridgehead atoms. The lowest BCUT2D eigenvalue weighted by Crippen LogP contribution is -2.31. The van der Waals surface area contributed by atoms with Crippen molar-refractivity contribution < 1.29 is 4.79 Å². The minimum atomic E-state index is -0.0817. The Balaban J connectivity index is 1.56. The zero-order valence-corrected chi connectivity index (χ0v) is 14.4. The lowest BCUT2D eigenvalue weighted by molar-refractivity contribution is -0.122. The van der Waals surface area contributed by atoms with Crippen LogP contribution in [0, 0.1) is 0 Å². The van der Waals surface area contributed by atoms with E-state index in [0.29, 0.717) is 6.54 Å². The van der Waals surface area contributed by atoms with Crippen molar-refractivity contribution >= 4 is 5.91 Å². The fraction of sp³-hybridized carbons (Fsp3) is 0.526. The summed E-state index contributed by atoms with van der Waals surface area (Å²) in [6.45, 7) is 3.67. The maximum Gasteiger partial charge on any atom is 0.227 e. The van der Waals surface area contributed by atoms with Crippen molar-refractivity contribution in [3.63, 3.8) is 0 Å². The third-order valence-electron chi connectivity index (χ3n) is 4.76. The normalized spacial score (nSPS) is 15.4. The summed E-state index contributed by atoms with van der Waals surface area (Å²) < 4.78 is 2.24. The van der Waals surface area contributed by atoms with E-state index in [9.17, 15) is 4.79 Å². The lowest BCUT2D eigenvalue weighted by atomic mass is 9.96. The summed E-state index contributed by atoms with van der Waals surface area (Å²) in [6, 6.07) is 9.98. The number of nitrogens with one attached hydrogen (secondary N) is 1. The molecule has 5 nitrogen and oxygen atoms in total. The number of benzene rings is 1. The second kappa shape index (κ2) is 8.08. The van der Waals surface area contributed by atoms with Gasteiger partial charge < -0.3 is 9.88 Å². The van der Waals surface area contributed by atoms with E-state index in [2.05, 4.69) is 27.0 Å². The number of carbonyl (C=O) groups is 1. The molecular weight excluding hydrogens is 300 g/mol. The highest BCUT2D eigenvalue weighted by Crippen LogP contribution is 2.19. The van der Waals surface area contributed by atoms with Gasteiger partial charge in [-0.2, -0.15) is 0 Å². The van der Waals surface area contributed by atoms with Crippen molar-refractivity contribution in [2.45, 2.75) is 57.9 Å².